The van der Waals surface area contributed by atoms with Crippen LogP contribution < -0.4 is 5.32 Å². The average Bonchev–Trinajstić information content (AvgIpc) is 3.35. The number of Topliss-reactive ketones (excluding diaryl/α,β-unsaturated/α-hetero) is 3. The number of hydrogen-bond acceptors (Lipinski definition) is 15. The third-order valence-corrected chi connectivity index (χ3v) is 15.0. The number of allylic oxidation sites excluding steroid dienone is 6. The predicted octanol–water partition coefficient (Wildman–Crippen LogP) is 5.91. The van der Waals surface area contributed by atoms with E-state index < -0.39 is 90.0 Å². The number of aliphatic hydroxyl groups excluding tert-OH is 2. The second-order valence-corrected chi connectivity index (χ2v) is 20.6. The number of methoxy groups -OCH3 is 2. The fourth-order valence-electron chi connectivity index (χ4n) is 10.4. The lowest BCUT2D eigenvalue weighted by molar-refractivity contribution is -0.266. The van der Waals surface area contributed by atoms with Crippen LogP contribution in [0.2, 0.25) is 0 Å². The molecule has 4 aliphatic rings. The number of ether oxygens (including phenoxy) is 6. The van der Waals surface area contributed by atoms with Crippen LogP contribution in [-0.2, 0) is 52.4 Å². The molecule has 0 aromatic carbocycles. The number of nitrogens with one attached hydrogen (secondary N) is 1. The van der Waals surface area contributed by atoms with Crippen LogP contribution in [0.15, 0.2) is 47.6 Å². The Morgan fingerprint density at radius 1 is 0.901 bits per heavy atom. The Bertz CT molecular complexity index is 1930. The monoisotopic (exact) mass is 1000 g/mol. The maximum Gasteiger partial charge on any atom is 0.406 e. The van der Waals surface area contributed by atoms with Crippen molar-refractivity contribution < 1.29 is 72.5 Å². The van der Waals surface area contributed by atoms with E-state index >= 15 is 0 Å². The van der Waals surface area contributed by atoms with Gasteiger partial charge in [0.25, 0.3) is 11.7 Å². The molecule has 2 saturated heterocycles. The first-order chi connectivity index (χ1) is 33.6. The summed E-state index contributed by atoms with van der Waals surface area (Å²) in [5.41, 5.74) is 1.13. The van der Waals surface area contributed by atoms with E-state index in [1.54, 1.807) is 40.9 Å². The highest BCUT2D eigenvalue weighted by molar-refractivity contribution is 6.39. The molecule has 2 bridgehead atoms. The number of rotatable bonds is 9. The Morgan fingerprint density at radius 3 is 2.32 bits per heavy atom. The number of esters is 1. The van der Waals surface area contributed by atoms with Crippen molar-refractivity contribution in [2.45, 2.75) is 180 Å². The summed E-state index contributed by atoms with van der Waals surface area (Å²) in [7, 11) is 4.37. The summed E-state index contributed by atoms with van der Waals surface area (Å²) in [4.78, 5) is 84.1. The van der Waals surface area contributed by atoms with Gasteiger partial charge in [-0.05, 0) is 107 Å². The van der Waals surface area contributed by atoms with Crippen molar-refractivity contribution in [3.05, 3.63) is 47.6 Å². The van der Waals surface area contributed by atoms with Gasteiger partial charge in [0.2, 0.25) is 5.79 Å². The lowest BCUT2D eigenvalue weighted by atomic mass is 9.78. The number of nitrogens with zero attached hydrogens (tertiary/aromatic N) is 1. The van der Waals surface area contributed by atoms with Gasteiger partial charge < -0.3 is 54.0 Å². The Hall–Kier alpha value is -4.10. The van der Waals surface area contributed by atoms with E-state index in [4.69, 9.17) is 28.4 Å². The van der Waals surface area contributed by atoms with Crippen LogP contribution in [0.25, 0.3) is 0 Å². The zero-order chi connectivity index (χ0) is 52.6. The lowest BCUT2D eigenvalue weighted by Gasteiger charge is -2.43. The highest BCUT2D eigenvalue weighted by atomic mass is 16.6. The molecule has 1 unspecified atom stereocenters. The second-order valence-electron chi connectivity index (χ2n) is 20.6. The fraction of sp³-hybridized carbons (Fsp3) is 0.741. The largest absolute Gasteiger partial charge is 0.460 e. The van der Waals surface area contributed by atoms with Gasteiger partial charge in [-0.1, -0.05) is 71.1 Å². The molecule has 71 heavy (non-hydrogen) atoms. The van der Waals surface area contributed by atoms with Crippen molar-refractivity contribution in [2.24, 2.45) is 35.5 Å². The van der Waals surface area contributed by atoms with Crippen LogP contribution in [0.4, 0.5) is 4.79 Å². The van der Waals surface area contributed by atoms with Crippen LogP contribution in [0.3, 0.4) is 0 Å². The normalized spacial score (nSPS) is 37.8. The van der Waals surface area contributed by atoms with Gasteiger partial charge in [-0.15, -0.1) is 0 Å². The van der Waals surface area contributed by atoms with Gasteiger partial charge in [0.1, 0.15) is 36.7 Å². The predicted molar refractivity (Wildman–Crippen MR) is 264 cm³/mol. The van der Waals surface area contributed by atoms with E-state index in [-0.39, 0.29) is 74.4 Å². The van der Waals surface area contributed by atoms with Gasteiger partial charge in [0, 0.05) is 58.4 Å². The minimum Gasteiger partial charge on any atom is -0.460 e. The Labute approximate surface area is 421 Å². The van der Waals surface area contributed by atoms with E-state index in [1.165, 1.54) is 14.2 Å². The van der Waals surface area contributed by atoms with Crippen LogP contribution in [0.1, 0.15) is 126 Å². The third kappa shape index (κ3) is 16.7. The van der Waals surface area contributed by atoms with Crippen molar-refractivity contribution in [1.82, 2.24) is 10.2 Å². The quantitative estimate of drug-likeness (QED) is 0.0911. The molecule has 3 heterocycles. The molecule has 4 N–H and O–H groups in total. The van der Waals surface area contributed by atoms with E-state index in [1.807, 2.05) is 51.2 Å². The van der Waals surface area contributed by atoms with E-state index in [2.05, 4.69) is 5.32 Å². The molecule has 17 nitrogen and oxygen atoms in total. The maximum absolute atomic E-state index is 14.5. The van der Waals surface area contributed by atoms with Crippen LogP contribution in [0, 0.1) is 35.5 Å². The second kappa shape index (κ2) is 28.4. The molecule has 3 fully saturated rings. The molecule has 2 amide bonds. The van der Waals surface area contributed by atoms with Crippen molar-refractivity contribution in [3.63, 3.8) is 0 Å². The number of aliphatic hydroxyl groups is 3. The molecule has 15 atom stereocenters. The Kier molecular flexibility index (Phi) is 23.8. The Balaban J connectivity index is 1.72. The summed E-state index contributed by atoms with van der Waals surface area (Å²) in [6.45, 7) is 12.5. The van der Waals surface area contributed by atoms with Crippen molar-refractivity contribution in [3.8, 4) is 0 Å². The summed E-state index contributed by atoms with van der Waals surface area (Å²) in [6, 6.07) is -1.18. The minimum atomic E-state index is -2.52. The van der Waals surface area contributed by atoms with Crippen LogP contribution >= 0.6 is 0 Å². The zero-order valence-corrected chi connectivity index (χ0v) is 43.8. The van der Waals surface area contributed by atoms with E-state index in [0.717, 1.165) is 10.5 Å². The SMILES string of the molecule is CNC(=O)OCCOC1C[C@@H]2CC[C@@H](C)[C@@](O)(O2)C(=O)C(=O)N2CCCC[C@H]2C(=O)O[C@H]([C@H](C)C[C@@H]2CC[C@@H](O)[C@H](OC)C2)CC(=O)[C@H](C)/C=C(\C)[C@@H](O)[C@@H](OC)C(=O)[C@H](C)C[C@H](C)/C=C/C=C/C=C/1C. The molecule has 1 saturated carbocycles. The molecule has 3 aliphatic heterocycles. The molecule has 400 valence electrons. The summed E-state index contributed by atoms with van der Waals surface area (Å²) < 4.78 is 35.0. The number of amides is 2. The van der Waals surface area contributed by atoms with E-state index in [0.29, 0.717) is 63.4 Å². The van der Waals surface area contributed by atoms with Crippen molar-refractivity contribution >= 4 is 35.3 Å². The van der Waals surface area contributed by atoms with Gasteiger partial charge >= 0.3 is 12.1 Å². The van der Waals surface area contributed by atoms with Gasteiger partial charge in [-0.25, -0.2) is 9.59 Å². The minimum absolute atomic E-state index is 0.0290. The van der Waals surface area contributed by atoms with Gasteiger partial charge in [0.15, 0.2) is 5.78 Å². The van der Waals surface area contributed by atoms with Crippen LogP contribution in [-0.4, -0.2) is 151 Å². The Morgan fingerprint density at radius 2 is 1.63 bits per heavy atom. The number of alkyl carbamates (subject to hydrolysis) is 1. The number of cyclic esters (lactones) is 1. The first-order valence-corrected chi connectivity index (χ1v) is 25.8. The molecular formula is C54H84N2O15. The topological polar surface area (TPSA) is 234 Å². The highest BCUT2D eigenvalue weighted by Gasteiger charge is 2.53. The molecule has 0 spiro atoms. The molecule has 17 heteroatoms. The first-order valence-electron chi connectivity index (χ1n) is 25.8. The number of hydrogen-bond donors (Lipinski definition) is 4. The standard InChI is InChI=1S/C54H84N2O15/c1-32-16-12-11-13-17-33(2)44(68-24-25-69-53(64)55-8)30-40-21-19-38(7)54(65,71-40)50(61)51(62)56-23-15-14-18-41(56)52(63)70-45(35(4)28-39-20-22-42(57)46(29-39)66-9)31-43(58)34(3)27-37(6)48(60)49(67-10)47(59)36(5)26-32/h11-13,16-17,27,32,34-36,38-42,44-46,48-49,57,60,65H,14-15,18-26,28-31H2,1-10H3,(H,55,64)/b13-11+,16-12+,33-17+,37-27+/t32-,34-,35-,36-,38-,39+,40+,41+,42-,44?,45+,46-,48-,49+,54-/m1/s1. The molecule has 0 aromatic rings. The van der Waals surface area contributed by atoms with Crippen LogP contribution in [0.5, 0.6) is 0 Å². The molecule has 0 radical (unpaired) electrons. The number of carbonyl (C=O) groups is 6. The van der Waals surface area contributed by atoms with Crippen molar-refractivity contribution in [2.75, 3.05) is 41.0 Å². The molecule has 0 aromatic heterocycles. The maximum atomic E-state index is 14.5. The summed E-state index contributed by atoms with van der Waals surface area (Å²) in [6.07, 6.45) is 9.35. The average molecular weight is 1000 g/mol. The van der Waals surface area contributed by atoms with Gasteiger partial charge in [0.05, 0.1) is 31.0 Å². The van der Waals surface area contributed by atoms with Gasteiger partial charge in [-0.3, -0.25) is 19.2 Å². The van der Waals surface area contributed by atoms with E-state index in [9.17, 15) is 44.1 Å². The van der Waals surface area contributed by atoms with Crippen molar-refractivity contribution in [1.29, 1.82) is 0 Å². The molecule has 4 rings (SSSR count). The van der Waals surface area contributed by atoms with Gasteiger partial charge in [-0.2, -0.15) is 0 Å². The molecule has 1 aliphatic carbocycles. The summed E-state index contributed by atoms with van der Waals surface area (Å²) >= 11 is 0. The highest BCUT2D eigenvalue weighted by Crippen LogP contribution is 2.38. The number of fused-ring (bicyclic) bond motifs is 3. The summed E-state index contributed by atoms with van der Waals surface area (Å²) in [5.74, 6) is -8.46. The third-order valence-electron chi connectivity index (χ3n) is 15.0. The number of carbonyl (C=O) groups excluding carboxylic acids is 6. The smallest absolute Gasteiger partial charge is 0.406 e. The number of piperidine rings is 1. The lowest BCUT2D eigenvalue weighted by Crippen LogP contribution is -2.61. The fourth-order valence-corrected chi connectivity index (χ4v) is 10.4. The number of ketones is 3. The summed E-state index contributed by atoms with van der Waals surface area (Å²) in [5, 5.41) is 36.5. The first kappa shape index (κ1) is 59.5. The molecular weight excluding hydrogens is 917 g/mol. The zero-order valence-electron chi connectivity index (χ0n) is 43.8.